The van der Waals surface area contributed by atoms with Crippen molar-refractivity contribution in [1.82, 2.24) is 15.0 Å². The van der Waals surface area contributed by atoms with Crippen LogP contribution in [0.2, 0.25) is 5.02 Å². The molecule has 2 fully saturated rings. The van der Waals surface area contributed by atoms with Gasteiger partial charge in [-0.3, -0.25) is 0 Å². The maximum atomic E-state index is 11.3. The van der Waals surface area contributed by atoms with Gasteiger partial charge in [0.1, 0.15) is 18.3 Å². The lowest BCUT2D eigenvalue weighted by molar-refractivity contribution is 0.00706. The van der Waals surface area contributed by atoms with E-state index in [-0.39, 0.29) is 24.9 Å². The van der Waals surface area contributed by atoms with Crippen molar-refractivity contribution >= 4 is 39.0 Å². The van der Waals surface area contributed by atoms with Crippen LogP contribution in [0.25, 0.3) is 33.5 Å². The lowest BCUT2D eigenvalue weighted by atomic mass is 10.0. The van der Waals surface area contributed by atoms with Crippen LogP contribution in [0, 0.1) is 0 Å². The van der Waals surface area contributed by atoms with Crippen LogP contribution in [0.15, 0.2) is 59.0 Å². The Hall–Kier alpha value is -3.02. The van der Waals surface area contributed by atoms with Crippen LogP contribution in [0.5, 0.6) is 6.01 Å². The molecule has 4 heterocycles. The number of fused-ring (bicyclic) bond motifs is 2. The van der Waals surface area contributed by atoms with Crippen LogP contribution in [-0.2, 0) is 24.3 Å². The van der Waals surface area contributed by atoms with Gasteiger partial charge in [0.25, 0.3) is 6.01 Å². The highest BCUT2D eigenvalue weighted by Gasteiger charge is 2.48. The molecule has 2 aromatic carbocycles. The molecular weight excluding hydrogens is 504 g/mol. The first-order valence-electron chi connectivity index (χ1n) is 11.3. The normalized spacial score (nSPS) is 24.3. The largest absolute Gasteiger partial charge is 0.456 e. The second-order valence-electron chi connectivity index (χ2n) is 8.69. The lowest BCUT2D eigenvalue weighted by Crippen LogP contribution is -2.34. The zero-order valence-corrected chi connectivity index (χ0v) is 20.7. The lowest BCUT2D eigenvalue weighted by Gasteiger charge is -2.15. The van der Waals surface area contributed by atoms with Crippen LogP contribution < -0.4 is 4.74 Å². The van der Waals surface area contributed by atoms with Gasteiger partial charge in [-0.2, -0.15) is 15.6 Å². The quantitative estimate of drug-likeness (QED) is 0.374. The zero-order chi connectivity index (χ0) is 24.8. The molecule has 4 atom stereocenters. The van der Waals surface area contributed by atoms with Crippen LogP contribution in [0.4, 0.5) is 5.69 Å². The minimum Gasteiger partial charge on any atom is -0.456 e. The van der Waals surface area contributed by atoms with E-state index >= 15 is 0 Å². The van der Waals surface area contributed by atoms with E-state index in [1.165, 1.54) is 6.26 Å². The second kappa shape index (κ2) is 9.45. The molecule has 186 valence electrons. The highest BCUT2D eigenvalue weighted by Crippen LogP contribution is 2.33. The maximum absolute atomic E-state index is 11.3. The summed E-state index contributed by atoms with van der Waals surface area (Å²) in [6.07, 6.45) is -0.189. The number of ether oxygens (including phenoxy) is 3. The van der Waals surface area contributed by atoms with Crippen LogP contribution in [0.3, 0.4) is 0 Å². The van der Waals surface area contributed by atoms with Gasteiger partial charge in [0.2, 0.25) is 0 Å². The summed E-state index contributed by atoms with van der Waals surface area (Å²) in [5.74, 6) is 0. The van der Waals surface area contributed by atoms with Gasteiger partial charge >= 0.3 is 0 Å². The first-order valence-corrected chi connectivity index (χ1v) is 13.2. The predicted molar refractivity (Wildman–Crippen MR) is 136 cm³/mol. The van der Waals surface area contributed by atoms with E-state index in [1.807, 2.05) is 48.5 Å². The average Bonchev–Trinajstić information content (AvgIpc) is 3.55. The second-order valence-corrected chi connectivity index (χ2v) is 10.1. The van der Waals surface area contributed by atoms with Crippen LogP contribution >= 0.6 is 11.6 Å². The van der Waals surface area contributed by atoms with Gasteiger partial charge in [-0.15, -0.1) is 6.26 Å². The van der Waals surface area contributed by atoms with Gasteiger partial charge in [0.15, 0.2) is 11.8 Å². The summed E-state index contributed by atoms with van der Waals surface area (Å²) in [4.78, 5) is 12.2. The molecule has 0 aliphatic carbocycles. The third kappa shape index (κ3) is 4.46. The highest BCUT2D eigenvalue weighted by molar-refractivity contribution is 7.74. The molecule has 0 unspecified atom stereocenters. The topological polar surface area (TPSA) is 119 Å². The Bertz CT molecular complexity index is 1500. The van der Waals surface area contributed by atoms with Crippen molar-refractivity contribution in [3.63, 3.8) is 0 Å². The Morgan fingerprint density at radius 3 is 2.42 bits per heavy atom. The van der Waals surface area contributed by atoms with E-state index in [0.717, 1.165) is 16.7 Å². The molecule has 2 aromatic heterocycles. The van der Waals surface area contributed by atoms with E-state index in [9.17, 15) is 9.32 Å². The van der Waals surface area contributed by atoms with Crippen LogP contribution in [0.1, 0.15) is 0 Å². The number of rotatable bonds is 5. The number of benzene rings is 2. The molecule has 6 rings (SSSR count). The van der Waals surface area contributed by atoms with E-state index in [0.29, 0.717) is 40.2 Å². The first-order chi connectivity index (χ1) is 17.4. The molecule has 2 N–H and O–H groups in total. The molecule has 9 nitrogen and oxygen atoms in total. The Morgan fingerprint density at radius 2 is 1.69 bits per heavy atom. The van der Waals surface area contributed by atoms with Gasteiger partial charge in [-0.05, 0) is 29.3 Å². The van der Waals surface area contributed by atoms with Crippen molar-refractivity contribution in [2.45, 2.75) is 24.4 Å². The summed E-state index contributed by atoms with van der Waals surface area (Å²) in [6, 6.07) is 17.5. The third-order valence-electron chi connectivity index (χ3n) is 6.24. The number of aliphatic hydroxyl groups excluding tert-OH is 1. The van der Waals surface area contributed by atoms with Gasteiger partial charge in [0, 0.05) is 11.3 Å². The number of aliphatic hydroxyl groups is 1. The first kappa shape index (κ1) is 23.4. The van der Waals surface area contributed by atoms with E-state index < -0.39 is 16.7 Å². The molecule has 2 saturated heterocycles. The standard InChI is InChI=1S/C25H22ClN4O5S/c1-36(32)30-16-8-6-14(7-9-16)13-2-4-15(5-3-13)21-17(26)10-18-24(28-21)29-25(27-18)35-20-12-34-22-19(31)11-33-23(20)22/h2-10,19-20,22-23,31H,11-12H2,1H3,(H,27,28,29)/q-1/t19-,20-,22-,23-/m1/s1. The number of halogens is 1. The number of hydrogen-bond donors (Lipinski definition) is 2. The van der Waals surface area contributed by atoms with Crippen molar-refractivity contribution in [1.29, 1.82) is 0 Å². The number of nitrogens with one attached hydrogen (secondary N) is 1. The molecule has 36 heavy (non-hydrogen) atoms. The third-order valence-corrected chi connectivity index (χ3v) is 7.00. The molecule has 0 bridgehead atoms. The Kier molecular flexibility index (Phi) is 6.14. The monoisotopic (exact) mass is 525 g/mol. The van der Waals surface area contributed by atoms with E-state index in [1.54, 1.807) is 6.07 Å². The van der Waals surface area contributed by atoms with Crippen LogP contribution in [-0.4, -0.2) is 63.9 Å². The summed E-state index contributed by atoms with van der Waals surface area (Å²) >= 11 is 6.57. The average molecular weight is 526 g/mol. The Morgan fingerprint density at radius 1 is 1.03 bits per heavy atom. The molecule has 4 aromatic rings. The minimum absolute atomic E-state index is 0.233. The summed E-state index contributed by atoms with van der Waals surface area (Å²) in [5.41, 5.74) is 5.30. The highest BCUT2D eigenvalue weighted by atomic mass is 35.5. The van der Waals surface area contributed by atoms with E-state index in [4.69, 9.17) is 25.8 Å². The van der Waals surface area contributed by atoms with Crippen molar-refractivity contribution in [3.8, 4) is 28.4 Å². The van der Waals surface area contributed by atoms with Gasteiger partial charge in [-0.25, -0.2) is 4.98 Å². The fourth-order valence-corrected chi connectivity index (χ4v) is 5.21. The summed E-state index contributed by atoms with van der Waals surface area (Å²) < 4.78 is 32.5. The minimum atomic E-state index is -1.24. The van der Waals surface area contributed by atoms with Crippen molar-refractivity contribution in [2.75, 3.05) is 19.5 Å². The Labute approximate surface area is 213 Å². The Balaban J connectivity index is 1.22. The SMILES string of the molecule is C[S-](=O)=Nc1ccc(-c2ccc(-c3nc4nc(O[C@@H]5CO[C@H]6[C@@H]5OC[C@H]6O)[nH]c4cc3Cl)cc2)cc1. The number of nitrogens with zero attached hydrogens (tertiary/aromatic N) is 3. The summed E-state index contributed by atoms with van der Waals surface area (Å²) in [5, 5.41) is 10.4. The number of pyridine rings is 1. The van der Waals surface area contributed by atoms with Crippen molar-refractivity contribution in [3.05, 3.63) is 59.6 Å². The molecule has 2 aliphatic heterocycles. The maximum Gasteiger partial charge on any atom is 0.296 e. The van der Waals surface area contributed by atoms with Gasteiger partial charge in [-0.1, -0.05) is 48.0 Å². The van der Waals surface area contributed by atoms with E-state index in [2.05, 4.69) is 19.3 Å². The molecule has 11 heteroatoms. The molecule has 0 saturated carbocycles. The zero-order valence-electron chi connectivity index (χ0n) is 19.1. The molecule has 0 amide bonds. The number of aromatic nitrogens is 3. The predicted octanol–water partition coefficient (Wildman–Crippen LogP) is 4.26. The number of aromatic amines is 1. The van der Waals surface area contributed by atoms with Gasteiger partial charge < -0.3 is 32.9 Å². The fraction of sp³-hybridized carbons (Fsp3) is 0.280. The fourth-order valence-electron chi connectivity index (χ4n) is 4.53. The molecule has 0 spiro atoms. The molecule has 0 radical (unpaired) electrons. The van der Waals surface area contributed by atoms with Gasteiger partial charge in [0.05, 0.1) is 29.4 Å². The summed E-state index contributed by atoms with van der Waals surface area (Å²) in [6.45, 7) is 0.543. The summed E-state index contributed by atoms with van der Waals surface area (Å²) in [7, 11) is -1.24. The smallest absolute Gasteiger partial charge is 0.296 e. The number of H-pyrrole nitrogens is 1. The van der Waals surface area contributed by atoms with Crippen molar-refractivity contribution in [2.24, 2.45) is 4.36 Å². The number of hydrogen-bond acceptors (Lipinski definition) is 9. The molecule has 2 aliphatic rings. The van der Waals surface area contributed by atoms with Crippen molar-refractivity contribution < 1.29 is 23.5 Å². The molecular formula is C25H22ClN4O5S-. The number of imidazole rings is 1.